The number of hydrogen-bond donors (Lipinski definition) is 0. The van der Waals surface area contributed by atoms with Gasteiger partial charge in [-0.05, 0) is 0 Å². The smallest absolute Gasteiger partial charge is 0.269 e. The summed E-state index contributed by atoms with van der Waals surface area (Å²) < 4.78 is 0. The summed E-state index contributed by atoms with van der Waals surface area (Å²) in [6.45, 7) is 0.961. The minimum atomic E-state index is -1.15. The van der Waals surface area contributed by atoms with Crippen molar-refractivity contribution in [3.8, 4) is 0 Å². The quantitative estimate of drug-likeness (QED) is 0.267. The van der Waals surface area contributed by atoms with Crippen LogP contribution in [-0.4, -0.2) is 40.6 Å². The van der Waals surface area contributed by atoms with Crippen LogP contribution < -0.4 is 0 Å². The van der Waals surface area contributed by atoms with E-state index >= 15 is 0 Å². The van der Waals surface area contributed by atoms with Crippen LogP contribution in [0, 0.1) is 10.1 Å². The average Bonchev–Trinajstić information content (AvgIpc) is 1.27. The third-order valence-corrected chi connectivity index (χ3v) is 0.203. The minimum absolute atomic E-state index is 0. The van der Waals surface area contributed by atoms with E-state index in [9.17, 15) is 14.9 Å². The summed E-state index contributed by atoms with van der Waals surface area (Å²) in [5.74, 6) is -0.912. The molecule has 0 aliphatic rings. The van der Waals surface area contributed by atoms with Crippen molar-refractivity contribution in [2.45, 2.75) is 6.92 Å². The van der Waals surface area contributed by atoms with E-state index in [0.717, 1.165) is 6.92 Å². The molecule has 5 nitrogen and oxygen atoms in total. The van der Waals surface area contributed by atoms with Gasteiger partial charge < -0.3 is 0 Å². The predicted octanol–water partition coefficient (Wildman–Crippen LogP) is -0.640. The van der Waals surface area contributed by atoms with Gasteiger partial charge in [0.05, 0.1) is 0 Å². The molecule has 0 aliphatic heterocycles. The van der Waals surface area contributed by atoms with E-state index in [-0.39, 0.29) is 29.6 Å². The molecule has 0 aromatic carbocycles. The molecule has 0 amide bonds. The molecular formula is C2H3NNaO4. The van der Waals surface area contributed by atoms with Crippen LogP contribution in [0.25, 0.3) is 0 Å². The van der Waals surface area contributed by atoms with Gasteiger partial charge in [-0.1, -0.05) is 0 Å². The topological polar surface area (TPSA) is 69.4 Å². The van der Waals surface area contributed by atoms with Crippen LogP contribution in [0.1, 0.15) is 6.92 Å². The van der Waals surface area contributed by atoms with Gasteiger partial charge in [0, 0.05) is 36.5 Å². The van der Waals surface area contributed by atoms with Crippen LogP contribution in [0.2, 0.25) is 0 Å². The third kappa shape index (κ3) is 9.30. The van der Waals surface area contributed by atoms with Gasteiger partial charge in [-0.25, -0.2) is 4.84 Å². The summed E-state index contributed by atoms with van der Waals surface area (Å²) >= 11 is 0. The van der Waals surface area contributed by atoms with Gasteiger partial charge in [-0.3, -0.25) is 4.79 Å². The Bertz CT molecular complexity index is 90.2. The first-order valence-electron chi connectivity index (χ1n) is 1.46. The Morgan fingerprint density at radius 3 is 2.12 bits per heavy atom. The van der Waals surface area contributed by atoms with Gasteiger partial charge in [0.2, 0.25) is 0 Å². The molecule has 0 N–H and O–H groups in total. The van der Waals surface area contributed by atoms with E-state index in [1.807, 2.05) is 0 Å². The zero-order valence-electron chi connectivity index (χ0n) is 4.58. The molecule has 0 heterocycles. The van der Waals surface area contributed by atoms with E-state index < -0.39 is 11.1 Å². The maximum atomic E-state index is 9.59. The maximum Gasteiger partial charge on any atom is 0.302 e. The van der Waals surface area contributed by atoms with Gasteiger partial charge in [0.15, 0.2) is 0 Å². The van der Waals surface area contributed by atoms with Crippen LogP contribution in [0.4, 0.5) is 0 Å². The summed E-state index contributed by atoms with van der Waals surface area (Å²) in [5, 5.41) is 8.02. The summed E-state index contributed by atoms with van der Waals surface area (Å²) in [7, 11) is 0. The molecule has 0 fully saturated rings. The first-order valence-corrected chi connectivity index (χ1v) is 1.46. The molecular weight excluding hydrogens is 125 g/mol. The molecule has 8 heavy (non-hydrogen) atoms. The number of carbonyl (C=O) groups is 1. The van der Waals surface area contributed by atoms with Crippen molar-refractivity contribution in [3.05, 3.63) is 10.1 Å². The fourth-order valence-electron chi connectivity index (χ4n) is 0.105. The number of rotatable bonds is 1. The van der Waals surface area contributed by atoms with Crippen LogP contribution in [-0.2, 0) is 9.63 Å². The molecule has 0 aliphatic carbocycles. The van der Waals surface area contributed by atoms with Gasteiger partial charge in [0.25, 0.3) is 0 Å². The molecule has 0 spiro atoms. The maximum absolute atomic E-state index is 9.59. The number of hydrogen-bond acceptors (Lipinski definition) is 4. The van der Waals surface area contributed by atoms with Crippen molar-refractivity contribution >= 4 is 35.5 Å². The molecule has 1 radical (unpaired) electrons. The standard InChI is InChI=1S/C2H3NO4.Na/c1-2(4)7-3(5)6;/h1H3;. The molecule has 41 valence electrons. The van der Waals surface area contributed by atoms with Gasteiger partial charge in [-0.2, -0.15) is 0 Å². The van der Waals surface area contributed by atoms with Crippen molar-refractivity contribution in [2.75, 3.05) is 0 Å². The molecule has 6 heteroatoms. The van der Waals surface area contributed by atoms with Crippen LogP contribution in [0.3, 0.4) is 0 Å². The zero-order chi connectivity index (χ0) is 5.86. The second-order valence-electron chi connectivity index (χ2n) is 0.806. The Morgan fingerprint density at radius 2 is 2.12 bits per heavy atom. The summed E-state index contributed by atoms with van der Waals surface area (Å²) in [4.78, 5) is 22.1. The molecule has 0 atom stereocenters. The van der Waals surface area contributed by atoms with Crippen molar-refractivity contribution < 1.29 is 14.7 Å². The molecule has 0 bridgehead atoms. The zero-order valence-corrected chi connectivity index (χ0v) is 6.58. The Kier molecular flexibility index (Phi) is 6.76. The Morgan fingerprint density at radius 1 is 1.75 bits per heavy atom. The Balaban J connectivity index is 0. The summed E-state index contributed by atoms with van der Waals surface area (Å²) in [6.07, 6.45) is 0. The average molecular weight is 128 g/mol. The Labute approximate surface area is 67.4 Å². The normalized spacial score (nSPS) is 6.62. The third-order valence-electron chi connectivity index (χ3n) is 0.203. The first kappa shape index (κ1) is 10.8. The Hall–Kier alpha value is -0.130. The second kappa shape index (κ2) is 5.02. The molecule has 0 rings (SSSR count). The summed E-state index contributed by atoms with van der Waals surface area (Å²) in [6, 6.07) is 0. The molecule has 0 saturated carbocycles. The largest absolute Gasteiger partial charge is 0.302 e. The first-order chi connectivity index (χ1) is 3.13. The second-order valence-corrected chi connectivity index (χ2v) is 0.806. The van der Waals surface area contributed by atoms with E-state index in [0.29, 0.717) is 0 Å². The van der Waals surface area contributed by atoms with Gasteiger partial charge >= 0.3 is 11.1 Å². The molecule has 0 aromatic rings. The van der Waals surface area contributed by atoms with E-state index in [1.54, 1.807) is 0 Å². The van der Waals surface area contributed by atoms with Crippen LogP contribution in [0.5, 0.6) is 0 Å². The van der Waals surface area contributed by atoms with Crippen molar-refractivity contribution in [3.63, 3.8) is 0 Å². The number of carbonyl (C=O) groups excluding carboxylic acids is 1. The monoisotopic (exact) mass is 128 g/mol. The predicted molar refractivity (Wildman–Crippen MR) is 24.5 cm³/mol. The molecule has 0 saturated heterocycles. The molecule has 0 aromatic heterocycles. The van der Waals surface area contributed by atoms with Gasteiger partial charge in [-0.15, -0.1) is 10.1 Å². The van der Waals surface area contributed by atoms with Crippen molar-refractivity contribution in [2.24, 2.45) is 0 Å². The van der Waals surface area contributed by atoms with E-state index in [4.69, 9.17) is 0 Å². The number of nitrogens with zero attached hydrogens (tertiary/aromatic N) is 1. The molecule has 0 unspecified atom stereocenters. The van der Waals surface area contributed by atoms with Crippen LogP contribution >= 0.6 is 0 Å². The van der Waals surface area contributed by atoms with Crippen molar-refractivity contribution in [1.82, 2.24) is 0 Å². The van der Waals surface area contributed by atoms with E-state index in [1.165, 1.54) is 0 Å². The SMILES string of the molecule is CC(=O)O[N+](=O)[O-].[Na]. The summed E-state index contributed by atoms with van der Waals surface area (Å²) in [5.41, 5.74) is 0. The minimum Gasteiger partial charge on any atom is -0.269 e. The van der Waals surface area contributed by atoms with E-state index in [2.05, 4.69) is 4.84 Å². The van der Waals surface area contributed by atoms with Crippen LogP contribution in [0.15, 0.2) is 0 Å². The fraction of sp³-hybridized carbons (Fsp3) is 0.500. The fourth-order valence-corrected chi connectivity index (χ4v) is 0.105. The van der Waals surface area contributed by atoms with Gasteiger partial charge in [0.1, 0.15) is 0 Å². The van der Waals surface area contributed by atoms with Crippen molar-refractivity contribution in [1.29, 1.82) is 0 Å².